The molecule has 0 aromatic carbocycles. The highest BCUT2D eigenvalue weighted by molar-refractivity contribution is 4.53. The van der Waals surface area contributed by atoms with Crippen molar-refractivity contribution in [1.29, 1.82) is 0 Å². The number of hydrogen-bond acceptors (Lipinski definition) is 1. The summed E-state index contributed by atoms with van der Waals surface area (Å²) in [6.45, 7) is 5.57. The minimum Gasteiger partial charge on any atom is -0.330 e. The molecule has 242 valence electrons. The zero-order chi connectivity index (χ0) is 29.0. The number of hydrogen-bond donors (Lipinski definition) is 1. The molecular weight excluding hydrogens is 482 g/mol. The van der Waals surface area contributed by atoms with Crippen LogP contribution in [0.1, 0.15) is 239 Å². The van der Waals surface area contributed by atoms with Crippen molar-refractivity contribution < 1.29 is 0 Å². The number of nitrogens with two attached hydrogens (primary N) is 1. The lowest BCUT2D eigenvalue weighted by atomic mass is 10.0. The Bertz CT molecular complexity index is 417. The summed E-state index contributed by atoms with van der Waals surface area (Å²) in [6.07, 6.45) is 51.3. The normalized spacial score (nSPS) is 11.7. The third-order valence-electron chi connectivity index (χ3n) is 9.24. The van der Waals surface area contributed by atoms with Gasteiger partial charge in [-0.25, -0.2) is 0 Å². The van der Waals surface area contributed by atoms with Crippen molar-refractivity contribution in [2.24, 2.45) is 11.7 Å². The van der Waals surface area contributed by atoms with Gasteiger partial charge in [0.25, 0.3) is 0 Å². The summed E-state index contributed by atoms with van der Waals surface area (Å²) in [5.74, 6) is 0.895. The van der Waals surface area contributed by atoms with Gasteiger partial charge in [0.1, 0.15) is 0 Å². The molecule has 0 bridgehead atoms. The summed E-state index contributed by atoms with van der Waals surface area (Å²) in [6, 6.07) is 0. The molecule has 0 fully saturated rings. The van der Waals surface area contributed by atoms with Crippen molar-refractivity contribution in [1.82, 2.24) is 0 Å². The highest BCUT2D eigenvalue weighted by atomic mass is 14.5. The molecule has 2 N–H and O–H groups in total. The molecule has 0 aliphatic heterocycles. The first-order valence-corrected chi connectivity index (χ1v) is 19.5. The molecule has 0 aliphatic carbocycles. The molecule has 1 heteroatoms. The lowest BCUT2D eigenvalue weighted by Gasteiger charge is -2.05. The molecule has 40 heavy (non-hydrogen) atoms. The average molecular weight is 564 g/mol. The van der Waals surface area contributed by atoms with E-state index in [0.717, 1.165) is 12.5 Å². The average Bonchev–Trinajstić information content (AvgIpc) is 2.95. The predicted octanol–water partition coefficient (Wildman–Crippen LogP) is 14.3. The van der Waals surface area contributed by atoms with E-state index in [0.29, 0.717) is 0 Å². The van der Waals surface area contributed by atoms with Crippen molar-refractivity contribution in [3.05, 3.63) is 0 Å². The Morgan fingerprint density at radius 3 is 0.550 bits per heavy atom. The van der Waals surface area contributed by atoms with Crippen LogP contribution in [0, 0.1) is 5.92 Å². The lowest BCUT2D eigenvalue weighted by molar-refractivity contribution is 0.500. The van der Waals surface area contributed by atoms with E-state index in [4.69, 9.17) is 5.73 Å². The standard InChI is InChI=1S/C39H81N/c1-39(2)37-35-33-31-29-27-25-23-21-19-17-15-13-11-9-7-5-3-4-6-8-10-12-14-16-18-20-22-24-26-28-30-32-34-36-38-40/h39H,3-38,40H2,1-2H3. The van der Waals surface area contributed by atoms with Gasteiger partial charge in [0.05, 0.1) is 0 Å². The fourth-order valence-electron chi connectivity index (χ4n) is 6.35. The quantitative estimate of drug-likeness (QED) is 0.0753. The molecule has 0 saturated heterocycles. The molecule has 0 amide bonds. The first kappa shape index (κ1) is 40.0. The summed E-state index contributed by atoms with van der Waals surface area (Å²) in [5, 5.41) is 0. The molecule has 0 heterocycles. The van der Waals surface area contributed by atoms with Gasteiger partial charge in [-0.15, -0.1) is 0 Å². The van der Waals surface area contributed by atoms with Gasteiger partial charge in [-0.05, 0) is 18.9 Å². The second-order valence-corrected chi connectivity index (χ2v) is 14.0. The molecule has 0 atom stereocenters. The first-order chi connectivity index (χ1) is 19.8. The van der Waals surface area contributed by atoms with Crippen LogP contribution in [0.25, 0.3) is 0 Å². The summed E-state index contributed by atoms with van der Waals surface area (Å²) >= 11 is 0. The Labute approximate surface area is 256 Å². The third-order valence-corrected chi connectivity index (χ3v) is 9.24. The second-order valence-electron chi connectivity index (χ2n) is 14.0. The summed E-state index contributed by atoms with van der Waals surface area (Å²) in [5.41, 5.74) is 5.55. The van der Waals surface area contributed by atoms with Crippen LogP contribution in [0.15, 0.2) is 0 Å². The molecule has 0 aromatic heterocycles. The minimum atomic E-state index is 0.874. The summed E-state index contributed by atoms with van der Waals surface area (Å²) in [7, 11) is 0. The van der Waals surface area contributed by atoms with Gasteiger partial charge in [0.2, 0.25) is 0 Å². The molecule has 0 saturated carbocycles. The summed E-state index contributed by atoms with van der Waals surface area (Å²) < 4.78 is 0. The van der Waals surface area contributed by atoms with Crippen LogP contribution in [0.2, 0.25) is 0 Å². The van der Waals surface area contributed by atoms with Gasteiger partial charge in [0.15, 0.2) is 0 Å². The van der Waals surface area contributed by atoms with E-state index in [-0.39, 0.29) is 0 Å². The molecule has 0 spiro atoms. The second kappa shape index (κ2) is 37.0. The fourth-order valence-corrected chi connectivity index (χ4v) is 6.35. The van der Waals surface area contributed by atoms with Crippen LogP contribution in [0.4, 0.5) is 0 Å². The van der Waals surface area contributed by atoms with Crippen molar-refractivity contribution in [3.63, 3.8) is 0 Å². The molecule has 1 nitrogen and oxygen atoms in total. The topological polar surface area (TPSA) is 26.0 Å². The van der Waals surface area contributed by atoms with E-state index in [1.54, 1.807) is 0 Å². The third kappa shape index (κ3) is 38.0. The monoisotopic (exact) mass is 564 g/mol. The van der Waals surface area contributed by atoms with E-state index < -0.39 is 0 Å². The minimum absolute atomic E-state index is 0.874. The Morgan fingerprint density at radius 1 is 0.250 bits per heavy atom. The van der Waals surface area contributed by atoms with Crippen LogP contribution < -0.4 is 5.73 Å². The zero-order valence-electron chi connectivity index (χ0n) is 28.6. The van der Waals surface area contributed by atoms with E-state index in [1.807, 2.05) is 0 Å². The highest BCUT2D eigenvalue weighted by Gasteiger charge is 1.98. The van der Waals surface area contributed by atoms with Gasteiger partial charge in [-0.3, -0.25) is 0 Å². The molecule has 0 aliphatic rings. The van der Waals surface area contributed by atoms with Crippen molar-refractivity contribution >= 4 is 0 Å². The van der Waals surface area contributed by atoms with Crippen molar-refractivity contribution in [2.45, 2.75) is 239 Å². The Hall–Kier alpha value is -0.0400. The Kier molecular flexibility index (Phi) is 36.9. The Balaban J connectivity index is 3.02. The van der Waals surface area contributed by atoms with Crippen LogP contribution in [-0.2, 0) is 0 Å². The molecule has 0 radical (unpaired) electrons. The molecule has 0 aromatic rings. The molecule has 0 unspecified atom stereocenters. The Morgan fingerprint density at radius 2 is 0.400 bits per heavy atom. The smallest absolute Gasteiger partial charge is 0.00773 e. The number of rotatable bonds is 36. The maximum atomic E-state index is 5.55. The van der Waals surface area contributed by atoms with Gasteiger partial charge in [-0.2, -0.15) is 0 Å². The number of unbranched alkanes of at least 4 members (excludes halogenated alkanes) is 33. The van der Waals surface area contributed by atoms with Crippen LogP contribution in [0.5, 0.6) is 0 Å². The van der Waals surface area contributed by atoms with E-state index in [9.17, 15) is 0 Å². The first-order valence-electron chi connectivity index (χ1n) is 19.5. The summed E-state index contributed by atoms with van der Waals surface area (Å²) in [4.78, 5) is 0. The predicted molar refractivity (Wildman–Crippen MR) is 185 cm³/mol. The lowest BCUT2D eigenvalue weighted by Crippen LogP contribution is -1.97. The van der Waals surface area contributed by atoms with Gasteiger partial charge >= 0.3 is 0 Å². The van der Waals surface area contributed by atoms with Gasteiger partial charge < -0.3 is 5.73 Å². The molecular formula is C39H81N. The van der Waals surface area contributed by atoms with Crippen LogP contribution >= 0.6 is 0 Å². The van der Waals surface area contributed by atoms with Crippen molar-refractivity contribution in [2.75, 3.05) is 6.54 Å². The van der Waals surface area contributed by atoms with Gasteiger partial charge in [0, 0.05) is 0 Å². The largest absolute Gasteiger partial charge is 0.330 e. The van der Waals surface area contributed by atoms with E-state index in [2.05, 4.69) is 13.8 Å². The fraction of sp³-hybridized carbons (Fsp3) is 1.00. The molecule has 0 rings (SSSR count). The maximum Gasteiger partial charge on any atom is -0.00773 e. The SMILES string of the molecule is CC(C)CCCCCCCCCCCCCCCCCCCCCCCCCCCCCCCCCCCCN. The van der Waals surface area contributed by atoms with Gasteiger partial charge in [-0.1, -0.05) is 232 Å². The van der Waals surface area contributed by atoms with Crippen LogP contribution in [-0.4, -0.2) is 6.54 Å². The van der Waals surface area contributed by atoms with E-state index >= 15 is 0 Å². The maximum absolute atomic E-state index is 5.55. The zero-order valence-corrected chi connectivity index (χ0v) is 28.6. The van der Waals surface area contributed by atoms with Crippen LogP contribution in [0.3, 0.4) is 0 Å². The highest BCUT2D eigenvalue weighted by Crippen LogP contribution is 2.17. The van der Waals surface area contributed by atoms with Crippen molar-refractivity contribution in [3.8, 4) is 0 Å². The van der Waals surface area contributed by atoms with E-state index in [1.165, 1.54) is 225 Å².